The van der Waals surface area contributed by atoms with Crippen LogP contribution in [0.1, 0.15) is 24.3 Å². The van der Waals surface area contributed by atoms with Gasteiger partial charge in [-0.2, -0.15) is 0 Å². The van der Waals surface area contributed by atoms with Gasteiger partial charge >= 0.3 is 5.97 Å². The molecule has 0 saturated heterocycles. The number of benzene rings is 1. The van der Waals surface area contributed by atoms with Crippen molar-refractivity contribution in [2.24, 2.45) is 0 Å². The minimum absolute atomic E-state index is 0.107. The van der Waals surface area contributed by atoms with Gasteiger partial charge in [0, 0.05) is 6.08 Å². The van der Waals surface area contributed by atoms with Gasteiger partial charge in [-0.15, -0.1) is 0 Å². The van der Waals surface area contributed by atoms with Crippen LogP contribution in [0, 0.1) is 0 Å². The Morgan fingerprint density at radius 2 is 2.23 bits per heavy atom. The van der Waals surface area contributed by atoms with Gasteiger partial charge in [-0.25, -0.2) is 4.79 Å². The largest absolute Gasteiger partial charge is 0.467 e. The van der Waals surface area contributed by atoms with Crippen molar-refractivity contribution < 1.29 is 28.2 Å². The summed E-state index contributed by atoms with van der Waals surface area (Å²) in [7, 11) is 0. The van der Waals surface area contributed by atoms with Crippen molar-refractivity contribution in [1.82, 2.24) is 5.32 Å². The number of hydrogen-bond acceptors (Lipinski definition) is 6. The Bertz CT molecular complexity index is 830. The average molecular weight is 378 g/mol. The number of carbonyl (C=O) groups excluding carboxylic acids is 2. The van der Waals surface area contributed by atoms with Crippen LogP contribution in [-0.4, -0.2) is 25.3 Å². The molecule has 8 heteroatoms. The number of amides is 1. The first-order valence-corrected chi connectivity index (χ1v) is 8.17. The molecule has 7 nitrogen and oxygen atoms in total. The average Bonchev–Trinajstić information content (AvgIpc) is 3.29. The van der Waals surface area contributed by atoms with E-state index < -0.39 is 18.5 Å². The van der Waals surface area contributed by atoms with E-state index in [1.165, 1.54) is 18.4 Å². The van der Waals surface area contributed by atoms with E-state index in [9.17, 15) is 9.59 Å². The van der Waals surface area contributed by atoms with Crippen LogP contribution in [0.3, 0.4) is 0 Å². The molecule has 1 aromatic carbocycles. The van der Waals surface area contributed by atoms with Crippen LogP contribution in [-0.2, 0) is 14.3 Å². The minimum atomic E-state index is -0.653. The second-order valence-corrected chi connectivity index (χ2v) is 5.89. The number of ether oxygens (including phenoxy) is 3. The molecular formula is C18H16ClNO6. The fourth-order valence-corrected chi connectivity index (χ4v) is 2.60. The van der Waals surface area contributed by atoms with Crippen molar-refractivity contribution in [2.45, 2.75) is 13.0 Å². The fourth-order valence-electron chi connectivity index (χ4n) is 2.32. The van der Waals surface area contributed by atoms with Crippen molar-refractivity contribution in [2.75, 3.05) is 13.4 Å². The summed E-state index contributed by atoms with van der Waals surface area (Å²) in [5.41, 5.74) is 0.645. The third kappa shape index (κ3) is 4.37. The monoisotopic (exact) mass is 377 g/mol. The molecule has 1 aliphatic heterocycles. The number of hydrogen-bond donors (Lipinski definition) is 1. The molecule has 0 saturated carbocycles. The third-order valence-corrected chi connectivity index (χ3v) is 3.84. The molecule has 136 valence electrons. The zero-order valence-corrected chi connectivity index (χ0v) is 14.6. The number of halogens is 1. The zero-order valence-electron chi connectivity index (χ0n) is 13.9. The van der Waals surface area contributed by atoms with Gasteiger partial charge in [0.05, 0.1) is 17.3 Å². The summed E-state index contributed by atoms with van der Waals surface area (Å²) in [6, 6.07) is 6.48. The molecule has 1 amide bonds. The van der Waals surface area contributed by atoms with Gasteiger partial charge in [0.2, 0.25) is 6.79 Å². The second kappa shape index (κ2) is 7.97. The first kappa shape index (κ1) is 17.9. The summed E-state index contributed by atoms with van der Waals surface area (Å²) in [5, 5.41) is 3.05. The first-order valence-electron chi connectivity index (χ1n) is 7.79. The van der Waals surface area contributed by atoms with Crippen molar-refractivity contribution in [3.63, 3.8) is 0 Å². The number of fused-ring (bicyclic) bond motifs is 1. The molecule has 1 aromatic heterocycles. The summed E-state index contributed by atoms with van der Waals surface area (Å²) in [6.07, 6.45) is 4.24. The van der Waals surface area contributed by atoms with E-state index in [4.69, 9.17) is 30.2 Å². The highest BCUT2D eigenvalue weighted by molar-refractivity contribution is 6.32. The van der Waals surface area contributed by atoms with E-state index in [2.05, 4.69) is 5.32 Å². The SMILES string of the molecule is C[C@@H](NC(=O)COC(=O)/C=C/c1cc(Cl)c2c(c1)OCO2)c1ccco1. The molecule has 0 unspecified atom stereocenters. The van der Waals surface area contributed by atoms with Gasteiger partial charge in [-0.1, -0.05) is 11.6 Å². The minimum Gasteiger partial charge on any atom is -0.467 e. The lowest BCUT2D eigenvalue weighted by Gasteiger charge is -2.11. The maximum atomic E-state index is 11.8. The van der Waals surface area contributed by atoms with Gasteiger partial charge < -0.3 is 23.9 Å². The molecule has 1 N–H and O–H groups in total. The summed E-state index contributed by atoms with van der Waals surface area (Å²) in [4.78, 5) is 23.6. The maximum absolute atomic E-state index is 11.8. The van der Waals surface area contributed by atoms with E-state index in [1.807, 2.05) is 0 Å². The molecule has 1 atom stereocenters. The standard InChI is InChI=1S/C18H16ClNO6/c1-11(14-3-2-6-23-14)20-16(21)9-24-17(22)5-4-12-7-13(19)18-15(8-12)25-10-26-18/h2-8,11H,9-10H2,1H3,(H,20,21)/b5-4+/t11-/m1/s1. The smallest absolute Gasteiger partial charge is 0.331 e. The number of carbonyl (C=O) groups is 2. The normalized spacial score (nSPS) is 13.6. The molecule has 0 aliphatic carbocycles. The van der Waals surface area contributed by atoms with Crippen molar-refractivity contribution in [3.05, 3.63) is 53.0 Å². The maximum Gasteiger partial charge on any atom is 0.331 e. The highest BCUT2D eigenvalue weighted by atomic mass is 35.5. The van der Waals surface area contributed by atoms with Gasteiger partial charge in [0.15, 0.2) is 18.1 Å². The van der Waals surface area contributed by atoms with Crippen LogP contribution in [0.25, 0.3) is 6.08 Å². The van der Waals surface area contributed by atoms with Crippen molar-refractivity contribution >= 4 is 29.6 Å². The van der Waals surface area contributed by atoms with Gasteiger partial charge in [0.25, 0.3) is 5.91 Å². The Labute approximate surface area is 154 Å². The second-order valence-electron chi connectivity index (χ2n) is 5.48. The van der Waals surface area contributed by atoms with Crippen LogP contribution in [0.2, 0.25) is 5.02 Å². The van der Waals surface area contributed by atoms with E-state index in [0.717, 1.165) is 0 Å². The predicted octanol–water partition coefficient (Wildman–Crippen LogP) is 3.10. The molecule has 2 aromatic rings. The van der Waals surface area contributed by atoms with Gasteiger partial charge in [-0.3, -0.25) is 4.79 Å². The zero-order chi connectivity index (χ0) is 18.5. The Morgan fingerprint density at radius 1 is 1.38 bits per heavy atom. The first-order chi connectivity index (χ1) is 12.5. The van der Waals surface area contributed by atoms with Crippen LogP contribution in [0.4, 0.5) is 0 Å². The molecule has 2 heterocycles. The van der Waals surface area contributed by atoms with E-state index >= 15 is 0 Å². The molecule has 0 radical (unpaired) electrons. The quantitative estimate of drug-likeness (QED) is 0.615. The molecule has 0 bridgehead atoms. The number of esters is 1. The summed E-state index contributed by atoms with van der Waals surface area (Å²) < 4.78 is 20.6. The van der Waals surface area contributed by atoms with Crippen molar-refractivity contribution in [3.8, 4) is 11.5 Å². The van der Waals surface area contributed by atoms with Crippen LogP contribution in [0.5, 0.6) is 11.5 Å². The van der Waals surface area contributed by atoms with Gasteiger partial charge in [0.1, 0.15) is 5.76 Å². The number of rotatable bonds is 6. The molecule has 26 heavy (non-hydrogen) atoms. The van der Waals surface area contributed by atoms with E-state index in [-0.39, 0.29) is 12.8 Å². The van der Waals surface area contributed by atoms with Crippen molar-refractivity contribution in [1.29, 1.82) is 0 Å². The Hall–Kier alpha value is -2.93. The molecule has 1 aliphatic rings. The van der Waals surface area contributed by atoms with Crippen LogP contribution < -0.4 is 14.8 Å². The fraction of sp³-hybridized carbons (Fsp3) is 0.222. The topological polar surface area (TPSA) is 87.0 Å². The lowest BCUT2D eigenvalue weighted by atomic mass is 10.2. The molecule has 3 rings (SSSR count). The third-order valence-electron chi connectivity index (χ3n) is 3.55. The summed E-state index contributed by atoms with van der Waals surface area (Å²) >= 11 is 6.07. The van der Waals surface area contributed by atoms with Crippen LogP contribution in [0.15, 0.2) is 41.0 Å². The Kier molecular flexibility index (Phi) is 5.48. The number of furan rings is 1. The van der Waals surface area contributed by atoms with E-state index in [0.29, 0.717) is 27.8 Å². The summed E-state index contributed by atoms with van der Waals surface area (Å²) in [5.74, 6) is 0.524. The summed E-state index contributed by atoms with van der Waals surface area (Å²) in [6.45, 7) is 1.48. The van der Waals surface area contributed by atoms with E-state index in [1.54, 1.807) is 31.2 Å². The number of nitrogens with one attached hydrogen (secondary N) is 1. The Balaban J connectivity index is 1.49. The predicted molar refractivity (Wildman–Crippen MR) is 92.8 cm³/mol. The molecule has 0 spiro atoms. The lowest BCUT2D eigenvalue weighted by Crippen LogP contribution is -2.30. The molecule has 0 fully saturated rings. The highest BCUT2D eigenvalue weighted by Gasteiger charge is 2.17. The van der Waals surface area contributed by atoms with Crippen LogP contribution >= 0.6 is 11.6 Å². The Morgan fingerprint density at radius 3 is 3.00 bits per heavy atom. The van der Waals surface area contributed by atoms with Gasteiger partial charge in [-0.05, 0) is 42.8 Å². The lowest BCUT2D eigenvalue weighted by molar-refractivity contribution is -0.144. The highest BCUT2D eigenvalue weighted by Crippen LogP contribution is 2.40. The molecular weight excluding hydrogens is 362 g/mol.